The van der Waals surface area contributed by atoms with E-state index >= 15 is 0 Å². The SMILES string of the molecule is CNC(c1cc(C)nc(C)c1)c1cccc(Cl)c1Cl. The highest BCUT2D eigenvalue weighted by atomic mass is 35.5. The van der Waals surface area contributed by atoms with E-state index in [9.17, 15) is 0 Å². The van der Waals surface area contributed by atoms with E-state index in [4.69, 9.17) is 23.2 Å². The van der Waals surface area contributed by atoms with Crippen molar-refractivity contribution in [3.63, 3.8) is 0 Å². The molecule has 1 heterocycles. The van der Waals surface area contributed by atoms with Gasteiger partial charge < -0.3 is 5.32 Å². The van der Waals surface area contributed by atoms with Gasteiger partial charge in [-0.25, -0.2) is 0 Å². The normalized spacial score (nSPS) is 12.5. The lowest BCUT2D eigenvalue weighted by Gasteiger charge is -2.20. The molecule has 1 N–H and O–H groups in total. The molecule has 2 rings (SSSR count). The molecule has 1 unspecified atom stereocenters. The molecule has 0 spiro atoms. The Kier molecular flexibility index (Phi) is 4.46. The molecule has 0 aliphatic rings. The minimum atomic E-state index is 0.00611. The number of benzene rings is 1. The maximum absolute atomic E-state index is 6.31. The van der Waals surface area contributed by atoms with Gasteiger partial charge in [-0.2, -0.15) is 0 Å². The molecule has 1 atom stereocenters. The second-order valence-electron chi connectivity index (χ2n) is 4.55. The van der Waals surface area contributed by atoms with Gasteiger partial charge in [0.1, 0.15) is 0 Å². The van der Waals surface area contributed by atoms with Crippen LogP contribution < -0.4 is 5.32 Å². The smallest absolute Gasteiger partial charge is 0.0643 e. The Labute approximate surface area is 123 Å². The Bertz CT molecular complexity index is 576. The summed E-state index contributed by atoms with van der Waals surface area (Å²) in [4.78, 5) is 4.40. The van der Waals surface area contributed by atoms with Crippen LogP contribution in [0, 0.1) is 13.8 Å². The maximum atomic E-state index is 6.31. The van der Waals surface area contributed by atoms with Crippen molar-refractivity contribution < 1.29 is 0 Å². The summed E-state index contributed by atoms with van der Waals surface area (Å²) in [7, 11) is 1.91. The molecule has 100 valence electrons. The number of nitrogens with zero attached hydrogens (tertiary/aromatic N) is 1. The van der Waals surface area contributed by atoms with Crippen molar-refractivity contribution in [2.45, 2.75) is 19.9 Å². The van der Waals surface area contributed by atoms with Gasteiger partial charge in [0, 0.05) is 11.4 Å². The van der Waals surface area contributed by atoms with Crippen molar-refractivity contribution in [1.82, 2.24) is 10.3 Å². The molecule has 0 fully saturated rings. The predicted octanol–water partition coefficient (Wildman–Crippen LogP) is 4.31. The van der Waals surface area contributed by atoms with Crippen LogP contribution in [0.2, 0.25) is 10.0 Å². The van der Waals surface area contributed by atoms with E-state index in [0.29, 0.717) is 10.0 Å². The highest BCUT2D eigenvalue weighted by molar-refractivity contribution is 6.42. The fourth-order valence-corrected chi connectivity index (χ4v) is 2.70. The van der Waals surface area contributed by atoms with Crippen LogP contribution in [-0.4, -0.2) is 12.0 Å². The lowest BCUT2D eigenvalue weighted by Crippen LogP contribution is -2.18. The zero-order chi connectivity index (χ0) is 14.0. The van der Waals surface area contributed by atoms with Crippen LogP contribution in [0.5, 0.6) is 0 Å². The van der Waals surface area contributed by atoms with Crippen LogP contribution in [0.3, 0.4) is 0 Å². The van der Waals surface area contributed by atoms with E-state index in [1.54, 1.807) is 6.07 Å². The first-order valence-corrected chi connectivity index (χ1v) is 6.85. The third-order valence-electron chi connectivity index (χ3n) is 3.02. The monoisotopic (exact) mass is 294 g/mol. The van der Waals surface area contributed by atoms with Crippen LogP contribution in [-0.2, 0) is 0 Å². The van der Waals surface area contributed by atoms with Crippen molar-refractivity contribution in [3.05, 3.63) is 62.9 Å². The summed E-state index contributed by atoms with van der Waals surface area (Å²) in [5.41, 5.74) is 4.10. The molecular formula is C15H16Cl2N2. The molecule has 1 aromatic heterocycles. The Morgan fingerprint density at radius 1 is 1.11 bits per heavy atom. The van der Waals surface area contributed by atoms with Gasteiger partial charge in [-0.15, -0.1) is 0 Å². The van der Waals surface area contributed by atoms with Crippen LogP contribution in [0.4, 0.5) is 0 Å². The molecule has 19 heavy (non-hydrogen) atoms. The molecule has 0 bridgehead atoms. The van der Waals surface area contributed by atoms with Crippen molar-refractivity contribution in [3.8, 4) is 0 Å². The molecule has 1 aromatic carbocycles. The third-order valence-corrected chi connectivity index (χ3v) is 3.85. The Balaban J connectivity index is 2.53. The Morgan fingerprint density at radius 2 is 1.74 bits per heavy atom. The van der Waals surface area contributed by atoms with E-state index in [-0.39, 0.29) is 6.04 Å². The summed E-state index contributed by atoms with van der Waals surface area (Å²) in [6.07, 6.45) is 0. The number of aryl methyl sites for hydroxylation is 2. The molecule has 0 radical (unpaired) electrons. The van der Waals surface area contributed by atoms with Crippen molar-refractivity contribution in [2.75, 3.05) is 7.05 Å². The summed E-state index contributed by atoms with van der Waals surface area (Å²) >= 11 is 12.4. The van der Waals surface area contributed by atoms with Crippen LogP contribution >= 0.6 is 23.2 Å². The van der Waals surface area contributed by atoms with Gasteiger partial charge >= 0.3 is 0 Å². The number of nitrogens with one attached hydrogen (secondary N) is 1. The Morgan fingerprint density at radius 3 is 2.32 bits per heavy atom. The predicted molar refractivity (Wildman–Crippen MR) is 81.1 cm³/mol. The van der Waals surface area contributed by atoms with Gasteiger partial charge in [0.2, 0.25) is 0 Å². The molecule has 0 saturated carbocycles. The van der Waals surface area contributed by atoms with Gasteiger partial charge in [-0.3, -0.25) is 4.98 Å². The lowest BCUT2D eigenvalue weighted by atomic mass is 9.98. The summed E-state index contributed by atoms with van der Waals surface area (Å²) in [5.74, 6) is 0. The van der Waals surface area contributed by atoms with E-state index in [1.807, 2.05) is 33.0 Å². The average molecular weight is 295 g/mol. The number of hydrogen-bond acceptors (Lipinski definition) is 2. The standard InChI is InChI=1S/C15H16Cl2N2/c1-9-7-11(8-10(2)19-9)15(18-3)12-5-4-6-13(16)14(12)17/h4-8,15,18H,1-3H3. The molecule has 2 nitrogen and oxygen atoms in total. The third kappa shape index (κ3) is 3.08. The van der Waals surface area contributed by atoms with E-state index < -0.39 is 0 Å². The highest BCUT2D eigenvalue weighted by Gasteiger charge is 2.17. The average Bonchev–Trinajstić information content (AvgIpc) is 2.34. The largest absolute Gasteiger partial charge is 0.309 e. The molecular weight excluding hydrogens is 279 g/mol. The number of aromatic nitrogens is 1. The molecule has 2 aromatic rings. The minimum absolute atomic E-state index is 0.00611. The second kappa shape index (κ2) is 5.91. The first-order valence-electron chi connectivity index (χ1n) is 6.09. The topological polar surface area (TPSA) is 24.9 Å². The van der Waals surface area contributed by atoms with Gasteiger partial charge in [0.25, 0.3) is 0 Å². The van der Waals surface area contributed by atoms with Crippen LogP contribution in [0.25, 0.3) is 0 Å². The summed E-state index contributed by atoms with van der Waals surface area (Å²) in [5, 5.41) is 4.45. The highest BCUT2D eigenvalue weighted by Crippen LogP contribution is 2.33. The molecule has 0 amide bonds. The van der Waals surface area contributed by atoms with Crippen molar-refractivity contribution >= 4 is 23.2 Å². The fraction of sp³-hybridized carbons (Fsp3) is 0.267. The fourth-order valence-electron chi connectivity index (χ4n) is 2.28. The number of hydrogen-bond donors (Lipinski definition) is 1. The first kappa shape index (κ1) is 14.3. The number of halogens is 2. The van der Waals surface area contributed by atoms with Gasteiger partial charge in [0.15, 0.2) is 0 Å². The second-order valence-corrected chi connectivity index (χ2v) is 5.33. The van der Waals surface area contributed by atoms with E-state index in [1.165, 1.54) is 0 Å². The zero-order valence-corrected chi connectivity index (χ0v) is 12.7. The van der Waals surface area contributed by atoms with Gasteiger partial charge in [-0.05, 0) is 50.2 Å². The van der Waals surface area contributed by atoms with Crippen LogP contribution in [0.1, 0.15) is 28.6 Å². The van der Waals surface area contributed by atoms with Gasteiger partial charge in [-0.1, -0.05) is 35.3 Å². The molecule has 0 aliphatic heterocycles. The van der Waals surface area contributed by atoms with Gasteiger partial charge in [0.05, 0.1) is 16.1 Å². The first-order chi connectivity index (χ1) is 9.02. The molecule has 4 heteroatoms. The van der Waals surface area contributed by atoms with Crippen LogP contribution in [0.15, 0.2) is 30.3 Å². The molecule has 0 aliphatic carbocycles. The summed E-state index contributed by atoms with van der Waals surface area (Å²) in [6.45, 7) is 3.98. The van der Waals surface area contributed by atoms with Crippen molar-refractivity contribution in [1.29, 1.82) is 0 Å². The molecule has 0 saturated heterocycles. The van der Waals surface area contributed by atoms with E-state index in [0.717, 1.165) is 22.5 Å². The van der Waals surface area contributed by atoms with E-state index in [2.05, 4.69) is 22.4 Å². The summed E-state index contributed by atoms with van der Waals surface area (Å²) < 4.78 is 0. The quantitative estimate of drug-likeness (QED) is 0.912. The summed E-state index contributed by atoms with van der Waals surface area (Å²) in [6, 6.07) is 9.82. The zero-order valence-electron chi connectivity index (χ0n) is 11.2. The maximum Gasteiger partial charge on any atom is 0.0643 e. The van der Waals surface area contributed by atoms with Crippen molar-refractivity contribution in [2.24, 2.45) is 0 Å². The minimum Gasteiger partial charge on any atom is -0.309 e. The number of rotatable bonds is 3. The number of pyridine rings is 1. The lowest BCUT2D eigenvalue weighted by molar-refractivity contribution is 0.689. The Hall–Kier alpha value is -1.09.